The Kier molecular flexibility index (Phi) is 4.93. The Morgan fingerprint density at radius 1 is 1.25 bits per heavy atom. The molecule has 1 atom stereocenters. The molecule has 1 aliphatic rings. The average Bonchev–Trinajstić information content (AvgIpc) is 2.61. The molecule has 0 aliphatic carbocycles. The van der Waals surface area contributed by atoms with E-state index in [2.05, 4.69) is 9.97 Å². The van der Waals surface area contributed by atoms with Gasteiger partial charge in [0.1, 0.15) is 17.7 Å². The Balaban J connectivity index is 1.64. The van der Waals surface area contributed by atoms with Crippen molar-refractivity contribution < 1.29 is 14.3 Å². The summed E-state index contributed by atoms with van der Waals surface area (Å²) in [6.45, 7) is 3.13. The van der Waals surface area contributed by atoms with Gasteiger partial charge in [-0.2, -0.15) is 4.98 Å². The number of rotatable bonds is 4. The molecule has 0 N–H and O–H groups in total. The molecular weight excluding hydrogens is 306 g/mol. The highest BCUT2D eigenvalue weighted by molar-refractivity contribution is 5.94. The molecule has 1 saturated heterocycles. The number of carbonyl (C=O) groups excluding carboxylic acids is 1. The van der Waals surface area contributed by atoms with Crippen molar-refractivity contribution in [3.63, 3.8) is 0 Å². The number of hydrogen-bond acceptors (Lipinski definition) is 5. The highest BCUT2D eigenvalue weighted by Crippen LogP contribution is 2.19. The van der Waals surface area contributed by atoms with E-state index < -0.39 is 0 Å². The number of amides is 1. The summed E-state index contributed by atoms with van der Waals surface area (Å²) in [5.74, 6) is 2.00. The first-order chi connectivity index (χ1) is 11.7. The molecule has 1 amide bonds. The molecular formula is C18H21N3O3. The lowest BCUT2D eigenvalue weighted by Gasteiger charge is -2.32. The SMILES string of the molecule is COc1ccc(C(=O)N2CCCC(Oc3ccnc(C)n3)C2)cc1. The van der Waals surface area contributed by atoms with Gasteiger partial charge in [0.25, 0.3) is 5.91 Å². The van der Waals surface area contributed by atoms with Crippen LogP contribution in [0.25, 0.3) is 0 Å². The molecule has 3 rings (SSSR count). The van der Waals surface area contributed by atoms with E-state index in [-0.39, 0.29) is 12.0 Å². The molecule has 0 spiro atoms. The zero-order valence-electron chi connectivity index (χ0n) is 13.9. The number of ether oxygens (including phenoxy) is 2. The Hall–Kier alpha value is -2.63. The van der Waals surface area contributed by atoms with Crippen LogP contribution in [-0.2, 0) is 0 Å². The van der Waals surface area contributed by atoms with Gasteiger partial charge in [-0.25, -0.2) is 4.98 Å². The summed E-state index contributed by atoms with van der Waals surface area (Å²) in [6, 6.07) is 8.93. The van der Waals surface area contributed by atoms with E-state index in [1.807, 2.05) is 11.8 Å². The summed E-state index contributed by atoms with van der Waals surface area (Å²) in [6.07, 6.45) is 3.46. The van der Waals surface area contributed by atoms with Crippen molar-refractivity contribution in [1.82, 2.24) is 14.9 Å². The van der Waals surface area contributed by atoms with Crippen LogP contribution in [0.2, 0.25) is 0 Å². The van der Waals surface area contributed by atoms with Crippen LogP contribution >= 0.6 is 0 Å². The van der Waals surface area contributed by atoms with Crippen molar-refractivity contribution >= 4 is 5.91 Å². The van der Waals surface area contributed by atoms with Gasteiger partial charge in [-0.1, -0.05) is 0 Å². The van der Waals surface area contributed by atoms with Crippen molar-refractivity contribution in [1.29, 1.82) is 0 Å². The largest absolute Gasteiger partial charge is 0.497 e. The van der Waals surface area contributed by atoms with Gasteiger partial charge in [-0.05, 0) is 44.0 Å². The predicted octanol–water partition coefficient (Wildman–Crippen LogP) is 2.48. The van der Waals surface area contributed by atoms with Crippen LogP contribution in [0, 0.1) is 6.92 Å². The van der Waals surface area contributed by atoms with Gasteiger partial charge in [0.05, 0.1) is 13.7 Å². The molecule has 1 aromatic heterocycles. The van der Waals surface area contributed by atoms with Crippen LogP contribution in [-0.4, -0.2) is 47.1 Å². The van der Waals surface area contributed by atoms with Gasteiger partial charge < -0.3 is 14.4 Å². The van der Waals surface area contributed by atoms with Crippen LogP contribution in [0.5, 0.6) is 11.6 Å². The second-order valence-corrected chi connectivity index (χ2v) is 5.80. The third-order valence-electron chi connectivity index (χ3n) is 4.04. The second-order valence-electron chi connectivity index (χ2n) is 5.80. The fourth-order valence-electron chi connectivity index (χ4n) is 2.81. The average molecular weight is 327 g/mol. The maximum atomic E-state index is 12.7. The quantitative estimate of drug-likeness (QED) is 0.863. The minimum Gasteiger partial charge on any atom is -0.497 e. The fraction of sp³-hybridized carbons (Fsp3) is 0.389. The molecule has 1 unspecified atom stereocenters. The van der Waals surface area contributed by atoms with E-state index in [1.54, 1.807) is 43.6 Å². The van der Waals surface area contributed by atoms with Crippen LogP contribution in [0.15, 0.2) is 36.5 Å². The minimum absolute atomic E-state index is 0.0184. The molecule has 2 heterocycles. The molecule has 1 fully saturated rings. The van der Waals surface area contributed by atoms with Crippen LogP contribution in [0.4, 0.5) is 0 Å². The third kappa shape index (κ3) is 3.82. The number of benzene rings is 1. The van der Waals surface area contributed by atoms with E-state index in [0.29, 0.717) is 23.8 Å². The number of nitrogens with zero attached hydrogens (tertiary/aromatic N) is 3. The molecule has 1 aliphatic heterocycles. The first-order valence-electron chi connectivity index (χ1n) is 8.05. The summed E-state index contributed by atoms with van der Waals surface area (Å²) in [7, 11) is 1.61. The van der Waals surface area contributed by atoms with E-state index in [9.17, 15) is 4.79 Å². The summed E-state index contributed by atoms with van der Waals surface area (Å²) in [5, 5.41) is 0. The molecule has 126 valence electrons. The van der Waals surface area contributed by atoms with E-state index in [4.69, 9.17) is 9.47 Å². The third-order valence-corrected chi connectivity index (χ3v) is 4.04. The van der Waals surface area contributed by atoms with Crippen LogP contribution < -0.4 is 9.47 Å². The van der Waals surface area contributed by atoms with E-state index in [0.717, 1.165) is 25.1 Å². The second kappa shape index (κ2) is 7.29. The molecule has 0 radical (unpaired) electrons. The number of aryl methyl sites for hydroxylation is 1. The van der Waals surface area contributed by atoms with Gasteiger partial charge in [0, 0.05) is 24.4 Å². The first kappa shape index (κ1) is 16.2. The van der Waals surface area contributed by atoms with Crippen molar-refractivity contribution in [3.05, 3.63) is 47.9 Å². The lowest BCUT2D eigenvalue weighted by atomic mass is 10.1. The zero-order chi connectivity index (χ0) is 16.9. The summed E-state index contributed by atoms with van der Waals surface area (Å²) in [4.78, 5) is 22.8. The summed E-state index contributed by atoms with van der Waals surface area (Å²) >= 11 is 0. The van der Waals surface area contributed by atoms with Gasteiger partial charge in [-0.3, -0.25) is 4.79 Å². The minimum atomic E-state index is -0.0461. The van der Waals surface area contributed by atoms with E-state index >= 15 is 0 Å². The summed E-state index contributed by atoms with van der Waals surface area (Å²) in [5.41, 5.74) is 0.661. The Morgan fingerprint density at radius 3 is 2.75 bits per heavy atom. The lowest BCUT2D eigenvalue weighted by Crippen LogP contribution is -2.44. The number of likely N-dealkylation sites (tertiary alicyclic amines) is 1. The van der Waals surface area contributed by atoms with Crippen molar-refractivity contribution in [2.24, 2.45) is 0 Å². The highest BCUT2D eigenvalue weighted by Gasteiger charge is 2.26. The molecule has 24 heavy (non-hydrogen) atoms. The maximum Gasteiger partial charge on any atom is 0.253 e. The van der Waals surface area contributed by atoms with Gasteiger partial charge in [0.2, 0.25) is 5.88 Å². The standard InChI is InChI=1S/C18H21N3O3/c1-13-19-10-9-17(20-13)24-16-4-3-11-21(12-16)18(22)14-5-7-15(23-2)8-6-14/h5-10,16H,3-4,11-12H2,1-2H3. The van der Waals surface area contributed by atoms with Crippen molar-refractivity contribution in [2.45, 2.75) is 25.9 Å². The number of piperidine rings is 1. The fourth-order valence-corrected chi connectivity index (χ4v) is 2.81. The Bertz CT molecular complexity index is 703. The summed E-state index contributed by atoms with van der Waals surface area (Å²) < 4.78 is 11.1. The molecule has 6 heteroatoms. The predicted molar refractivity (Wildman–Crippen MR) is 89.3 cm³/mol. The van der Waals surface area contributed by atoms with Gasteiger partial charge >= 0.3 is 0 Å². The topological polar surface area (TPSA) is 64.5 Å². The number of aromatic nitrogens is 2. The number of hydrogen-bond donors (Lipinski definition) is 0. The molecule has 1 aromatic carbocycles. The Labute approximate surface area is 141 Å². The zero-order valence-corrected chi connectivity index (χ0v) is 13.9. The van der Waals surface area contributed by atoms with Crippen LogP contribution in [0.3, 0.4) is 0 Å². The smallest absolute Gasteiger partial charge is 0.253 e. The molecule has 2 aromatic rings. The van der Waals surface area contributed by atoms with Gasteiger partial charge in [-0.15, -0.1) is 0 Å². The first-order valence-corrected chi connectivity index (χ1v) is 8.05. The number of carbonyl (C=O) groups is 1. The number of methoxy groups -OCH3 is 1. The van der Waals surface area contributed by atoms with E-state index in [1.165, 1.54) is 0 Å². The monoisotopic (exact) mass is 327 g/mol. The normalized spacial score (nSPS) is 17.4. The van der Waals surface area contributed by atoms with Crippen molar-refractivity contribution in [2.75, 3.05) is 20.2 Å². The lowest BCUT2D eigenvalue weighted by molar-refractivity contribution is 0.0527. The molecule has 6 nitrogen and oxygen atoms in total. The van der Waals surface area contributed by atoms with Crippen molar-refractivity contribution in [3.8, 4) is 11.6 Å². The molecule has 0 saturated carbocycles. The van der Waals surface area contributed by atoms with Crippen LogP contribution in [0.1, 0.15) is 29.0 Å². The molecule has 0 bridgehead atoms. The Morgan fingerprint density at radius 2 is 2.04 bits per heavy atom. The highest BCUT2D eigenvalue weighted by atomic mass is 16.5. The maximum absolute atomic E-state index is 12.7. The van der Waals surface area contributed by atoms with Gasteiger partial charge in [0.15, 0.2) is 0 Å².